The normalized spacial score (nSPS) is 11.2. The molecule has 6 nitrogen and oxygen atoms in total. The third kappa shape index (κ3) is 5.87. The van der Waals surface area contributed by atoms with Crippen LogP contribution < -0.4 is 10.2 Å². The lowest BCUT2D eigenvalue weighted by Gasteiger charge is -2.09. The lowest BCUT2D eigenvalue weighted by Crippen LogP contribution is -2.19. The molecule has 1 amide bonds. The number of H-pyrrole nitrogens is 1. The molecule has 0 bridgehead atoms. The summed E-state index contributed by atoms with van der Waals surface area (Å²) < 4.78 is 6.29. The number of benzene rings is 4. The van der Waals surface area contributed by atoms with Crippen LogP contribution in [-0.2, 0) is 0 Å². The Morgan fingerprint density at radius 3 is 2.41 bits per heavy atom. The van der Waals surface area contributed by atoms with Crippen LogP contribution in [0.3, 0.4) is 0 Å². The van der Waals surface area contributed by atoms with Crippen molar-refractivity contribution in [3.05, 3.63) is 121 Å². The summed E-state index contributed by atoms with van der Waals surface area (Å²) in [4.78, 5) is 29.1. The number of amides is 1. The van der Waals surface area contributed by atoms with Crippen molar-refractivity contribution in [3.8, 4) is 16.9 Å². The van der Waals surface area contributed by atoms with Gasteiger partial charge in [-0.3, -0.25) is 4.79 Å². The molecule has 39 heavy (non-hydrogen) atoms. The zero-order valence-electron chi connectivity index (χ0n) is 19.8. The van der Waals surface area contributed by atoms with Gasteiger partial charge in [0.05, 0.1) is 21.8 Å². The fraction of sp³-hybridized carbons (Fsp3) is 0. The maximum atomic E-state index is 13.3. The highest BCUT2D eigenvalue weighted by Gasteiger charge is 2.21. The van der Waals surface area contributed by atoms with Gasteiger partial charge < -0.3 is 9.72 Å². The molecule has 10 heteroatoms. The van der Waals surface area contributed by atoms with E-state index in [0.29, 0.717) is 32.1 Å². The molecule has 5 rings (SSSR count). The van der Waals surface area contributed by atoms with Crippen molar-refractivity contribution in [3.63, 3.8) is 0 Å². The summed E-state index contributed by atoms with van der Waals surface area (Å²) in [6.45, 7) is 0. The Kier molecular flexibility index (Phi) is 8.04. The predicted molar refractivity (Wildman–Crippen MR) is 159 cm³/mol. The topological polar surface area (TPSA) is 83.5 Å². The van der Waals surface area contributed by atoms with Crippen molar-refractivity contribution >= 4 is 79.7 Å². The molecule has 5 aromatic rings. The molecular weight excluding hydrogens is 625 g/mol. The zero-order valence-corrected chi connectivity index (χ0v) is 23.7. The number of hydrazone groups is 1. The summed E-state index contributed by atoms with van der Waals surface area (Å²) in [5.74, 6) is -0.890. The number of carbonyl (C=O) groups excluding carboxylic acids is 2. The molecule has 0 aliphatic carbocycles. The number of carbonyl (C=O) groups is 2. The first-order chi connectivity index (χ1) is 18.8. The fourth-order valence-corrected chi connectivity index (χ4v) is 5.20. The SMILES string of the molecule is O=C(Oc1ccc(Br)cc1C=NNC(=O)c1[nH]c2cc(Cl)cc(Cl)c2c1-c1ccccc1)c1ccccc1Cl. The number of hydrogen-bond acceptors (Lipinski definition) is 4. The van der Waals surface area contributed by atoms with E-state index in [2.05, 4.69) is 31.4 Å². The van der Waals surface area contributed by atoms with Gasteiger partial charge in [0.25, 0.3) is 5.91 Å². The predicted octanol–water partition coefficient (Wildman–Crippen LogP) is 8.54. The molecule has 0 saturated carbocycles. The lowest BCUT2D eigenvalue weighted by atomic mass is 10.0. The number of ether oxygens (including phenoxy) is 1. The maximum Gasteiger partial charge on any atom is 0.345 e. The van der Waals surface area contributed by atoms with Gasteiger partial charge in [-0.2, -0.15) is 5.10 Å². The molecule has 0 aliphatic rings. The van der Waals surface area contributed by atoms with E-state index in [1.54, 1.807) is 54.6 Å². The monoisotopic (exact) mass is 639 g/mol. The van der Waals surface area contributed by atoms with Crippen LogP contribution in [0.15, 0.2) is 94.5 Å². The Hall–Kier alpha value is -3.62. The van der Waals surface area contributed by atoms with Crippen LogP contribution in [0, 0.1) is 0 Å². The molecule has 1 aromatic heterocycles. The van der Waals surface area contributed by atoms with Gasteiger partial charge in [0.1, 0.15) is 11.4 Å². The molecular formula is C29H17BrCl3N3O3. The lowest BCUT2D eigenvalue weighted by molar-refractivity contribution is 0.0734. The Morgan fingerprint density at radius 2 is 1.64 bits per heavy atom. The highest BCUT2D eigenvalue weighted by Crippen LogP contribution is 2.38. The fourth-order valence-electron chi connectivity index (χ4n) is 4.02. The zero-order chi connectivity index (χ0) is 27.5. The van der Waals surface area contributed by atoms with Crippen molar-refractivity contribution in [1.29, 1.82) is 0 Å². The van der Waals surface area contributed by atoms with Gasteiger partial charge in [-0.25, -0.2) is 10.2 Å². The largest absolute Gasteiger partial charge is 0.422 e. The van der Waals surface area contributed by atoms with E-state index in [4.69, 9.17) is 39.5 Å². The number of rotatable bonds is 6. The van der Waals surface area contributed by atoms with E-state index in [-0.39, 0.29) is 22.0 Å². The Labute approximate surface area is 246 Å². The number of fused-ring (bicyclic) bond motifs is 1. The average Bonchev–Trinajstić information content (AvgIpc) is 3.30. The number of halogens is 4. The number of nitrogens with one attached hydrogen (secondary N) is 2. The van der Waals surface area contributed by atoms with Gasteiger partial charge in [0, 0.05) is 31.5 Å². The van der Waals surface area contributed by atoms with Gasteiger partial charge in [0.2, 0.25) is 0 Å². The van der Waals surface area contributed by atoms with E-state index in [0.717, 1.165) is 10.0 Å². The second kappa shape index (κ2) is 11.6. The van der Waals surface area contributed by atoms with Crippen LogP contribution in [0.5, 0.6) is 5.75 Å². The Balaban J connectivity index is 1.44. The number of hydrogen-bond donors (Lipinski definition) is 2. The van der Waals surface area contributed by atoms with Gasteiger partial charge in [-0.15, -0.1) is 0 Å². The van der Waals surface area contributed by atoms with Crippen LogP contribution >= 0.6 is 50.7 Å². The standard InChI is InChI=1S/C29H17BrCl3N3O3/c30-18-10-11-24(39-29(38)20-8-4-5-9-21(20)32)17(12-18)15-34-36-28(37)27-25(16-6-2-1-3-7-16)26-22(33)13-19(31)14-23(26)35-27/h1-15,35H,(H,36,37). The molecule has 2 N–H and O–H groups in total. The number of aromatic nitrogens is 1. The second-order valence-corrected chi connectivity index (χ2v) is 10.5. The highest BCUT2D eigenvalue weighted by atomic mass is 79.9. The summed E-state index contributed by atoms with van der Waals surface area (Å²) in [5.41, 5.74) is 5.50. The van der Waals surface area contributed by atoms with Crippen LogP contribution in [-0.4, -0.2) is 23.1 Å². The summed E-state index contributed by atoms with van der Waals surface area (Å²) in [5, 5.41) is 5.91. The molecule has 0 fully saturated rings. The smallest absolute Gasteiger partial charge is 0.345 e. The molecule has 194 valence electrons. The first-order valence-electron chi connectivity index (χ1n) is 11.5. The minimum Gasteiger partial charge on any atom is -0.422 e. The number of esters is 1. The minimum absolute atomic E-state index is 0.226. The summed E-state index contributed by atoms with van der Waals surface area (Å²) in [6.07, 6.45) is 1.38. The van der Waals surface area contributed by atoms with Crippen molar-refractivity contribution in [2.75, 3.05) is 0 Å². The molecule has 0 aliphatic heterocycles. The summed E-state index contributed by atoms with van der Waals surface area (Å²) in [6, 6.07) is 24.3. The summed E-state index contributed by atoms with van der Waals surface area (Å²) >= 11 is 22.3. The molecule has 0 radical (unpaired) electrons. The third-order valence-electron chi connectivity index (χ3n) is 5.74. The van der Waals surface area contributed by atoms with Crippen molar-refractivity contribution in [2.45, 2.75) is 0 Å². The van der Waals surface area contributed by atoms with E-state index in [9.17, 15) is 9.59 Å². The van der Waals surface area contributed by atoms with Crippen LogP contribution in [0.1, 0.15) is 26.4 Å². The Morgan fingerprint density at radius 1 is 0.897 bits per heavy atom. The van der Waals surface area contributed by atoms with Crippen molar-refractivity contribution in [2.24, 2.45) is 5.10 Å². The molecule has 0 saturated heterocycles. The third-order valence-corrected chi connectivity index (χ3v) is 7.08. The molecule has 4 aromatic carbocycles. The highest BCUT2D eigenvalue weighted by molar-refractivity contribution is 9.10. The first-order valence-corrected chi connectivity index (χ1v) is 13.4. The maximum absolute atomic E-state index is 13.3. The van der Waals surface area contributed by atoms with E-state index in [1.165, 1.54) is 6.21 Å². The van der Waals surface area contributed by atoms with Crippen LogP contribution in [0.4, 0.5) is 0 Å². The van der Waals surface area contributed by atoms with Gasteiger partial charge in [0.15, 0.2) is 0 Å². The van der Waals surface area contributed by atoms with Crippen molar-refractivity contribution < 1.29 is 14.3 Å². The quantitative estimate of drug-likeness (QED) is 0.0844. The van der Waals surface area contributed by atoms with Crippen LogP contribution in [0.2, 0.25) is 15.1 Å². The molecule has 0 unspecified atom stereocenters. The van der Waals surface area contributed by atoms with E-state index in [1.807, 2.05) is 30.3 Å². The van der Waals surface area contributed by atoms with Crippen molar-refractivity contribution in [1.82, 2.24) is 10.4 Å². The summed E-state index contributed by atoms with van der Waals surface area (Å²) in [7, 11) is 0. The van der Waals surface area contributed by atoms with E-state index < -0.39 is 11.9 Å². The molecule has 0 atom stereocenters. The first kappa shape index (κ1) is 27.0. The van der Waals surface area contributed by atoms with Crippen LogP contribution in [0.25, 0.3) is 22.0 Å². The van der Waals surface area contributed by atoms with E-state index >= 15 is 0 Å². The van der Waals surface area contributed by atoms with Gasteiger partial charge in [-0.05, 0) is 48.0 Å². The number of aromatic amines is 1. The Bertz CT molecular complexity index is 1750. The minimum atomic E-state index is -0.622. The molecule has 1 heterocycles. The van der Waals surface area contributed by atoms with Gasteiger partial charge >= 0.3 is 5.97 Å². The second-order valence-electron chi connectivity index (χ2n) is 8.30. The number of nitrogens with zero attached hydrogens (tertiary/aromatic N) is 1. The van der Waals surface area contributed by atoms with Gasteiger partial charge in [-0.1, -0.05) is 93.2 Å². The average molecular weight is 642 g/mol. The molecule has 0 spiro atoms.